The molecule has 7 heteroatoms. The van der Waals surface area contributed by atoms with Crippen LogP contribution in [0.5, 0.6) is 23.0 Å². The number of hydrogen-bond acceptors (Lipinski definition) is 7. The summed E-state index contributed by atoms with van der Waals surface area (Å²) in [6.45, 7) is 0. The highest BCUT2D eigenvalue weighted by atomic mass is 16.3. The number of carbonyl (C=O) groups excluding carboxylic acids is 1. The van der Waals surface area contributed by atoms with Gasteiger partial charge < -0.3 is 30.6 Å². The van der Waals surface area contributed by atoms with Crippen LogP contribution in [-0.2, 0) is 4.79 Å². The van der Waals surface area contributed by atoms with Crippen LogP contribution in [0.4, 0.5) is 0 Å². The van der Waals surface area contributed by atoms with Crippen LogP contribution in [0, 0.1) is 0 Å². The molecular formula is C29H26O7. The maximum Gasteiger partial charge on any atom is 0.153 e. The van der Waals surface area contributed by atoms with Gasteiger partial charge in [-0.1, -0.05) is 48.5 Å². The molecule has 0 aliphatic carbocycles. The van der Waals surface area contributed by atoms with Crippen LogP contribution in [0.25, 0.3) is 0 Å². The molecule has 0 radical (unpaired) electrons. The highest BCUT2D eigenvalue weighted by Crippen LogP contribution is 2.42. The number of rotatable bonds is 8. The van der Waals surface area contributed by atoms with E-state index in [1.807, 2.05) is 0 Å². The number of hydrogen-bond donors (Lipinski definition) is 6. The van der Waals surface area contributed by atoms with E-state index in [2.05, 4.69) is 0 Å². The third-order valence-corrected chi connectivity index (χ3v) is 6.22. The molecular weight excluding hydrogens is 460 g/mol. The molecule has 0 aliphatic heterocycles. The Bertz CT molecular complexity index is 1200. The van der Waals surface area contributed by atoms with E-state index in [0.717, 1.165) is 0 Å². The van der Waals surface area contributed by atoms with E-state index in [9.17, 15) is 35.4 Å². The Kier molecular flexibility index (Phi) is 7.24. The molecule has 4 aromatic rings. The molecule has 4 unspecified atom stereocenters. The van der Waals surface area contributed by atoms with Crippen LogP contribution in [0.3, 0.4) is 0 Å². The van der Waals surface area contributed by atoms with E-state index < -0.39 is 29.8 Å². The van der Waals surface area contributed by atoms with Gasteiger partial charge in [-0.05, 0) is 70.8 Å². The number of aliphatic hydroxyl groups is 2. The van der Waals surface area contributed by atoms with Gasteiger partial charge in [0.2, 0.25) is 0 Å². The van der Waals surface area contributed by atoms with Crippen LogP contribution in [0.15, 0.2) is 97.1 Å². The molecule has 0 saturated heterocycles. The Balaban J connectivity index is 1.83. The monoisotopic (exact) mass is 486 g/mol. The zero-order valence-corrected chi connectivity index (χ0v) is 19.1. The van der Waals surface area contributed by atoms with Crippen LogP contribution in [-0.4, -0.2) is 36.4 Å². The number of benzene rings is 4. The second kappa shape index (κ2) is 10.5. The fourth-order valence-electron chi connectivity index (χ4n) is 4.29. The summed E-state index contributed by atoms with van der Waals surface area (Å²) in [6.07, 6.45) is -2.68. The fraction of sp³-hybridized carbons (Fsp3) is 0.138. The lowest BCUT2D eigenvalue weighted by atomic mass is 9.75. The van der Waals surface area contributed by atoms with E-state index in [0.29, 0.717) is 22.3 Å². The second-order valence-corrected chi connectivity index (χ2v) is 8.61. The summed E-state index contributed by atoms with van der Waals surface area (Å²) in [5.74, 6) is -2.83. The van der Waals surface area contributed by atoms with Crippen molar-refractivity contribution in [3.05, 3.63) is 119 Å². The minimum Gasteiger partial charge on any atom is -0.508 e. The number of ketones is 1. The van der Waals surface area contributed by atoms with Gasteiger partial charge in [0.1, 0.15) is 23.0 Å². The standard InChI is InChI=1S/C29H26O7/c30-21-9-1-17(2-10-21)25(27(34)19-5-13-23(32)14-6-19)29(36)26(18-3-11-22(31)12-4-18)28(35)20-7-15-24(33)16-8-20/h1-16,25-28,30-35H. The van der Waals surface area contributed by atoms with Crippen LogP contribution >= 0.6 is 0 Å². The molecule has 4 aromatic carbocycles. The van der Waals surface area contributed by atoms with Crippen molar-refractivity contribution in [2.24, 2.45) is 0 Å². The SMILES string of the molecule is O=C(C(c1ccc(O)cc1)C(O)c1ccc(O)cc1)C(c1ccc(O)cc1)C(O)c1ccc(O)cc1. The number of aromatic hydroxyl groups is 4. The van der Waals surface area contributed by atoms with Crippen molar-refractivity contribution in [3.8, 4) is 23.0 Å². The average Bonchev–Trinajstić information content (AvgIpc) is 2.87. The lowest BCUT2D eigenvalue weighted by molar-refractivity contribution is -0.127. The molecule has 4 rings (SSSR count). The van der Waals surface area contributed by atoms with E-state index in [1.54, 1.807) is 0 Å². The van der Waals surface area contributed by atoms with Crippen molar-refractivity contribution >= 4 is 5.78 Å². The maximum absolute atomic E-state index is 14.2. The first-order chi connectivity index (χ1) is 17.2. The summed E-state index contributed by atoms with van der Waals surface area (Å²) in [4.78, 5) is 14.2. The number of aliphatic hydroxyl groups excluding tert-OH is 2. The first-order valence-electron chi connectivity index (χ1n) is 11.3. The topological polar surface area (TPSA) is 138 Å². The Morgan fingerprint density at radius 2 is 0.639 bits per heavy atom. The molecule has 0 amide bonds. The van der Waals surface area contributed by atoms with Gasteiger partial charge in [0.25, 0.3) is 0 Å². The summed E-state index contributed by atoms with van der Waals surface area (Å²) in [7, 11) is 0. The highest BCUT2D eigenvalue weighted by molar-refractivity contribution is 5.93. The van der Waals surface area contributed by atoms with Crippen molar-refractivity contribution in [1.29, 1.82) is 0 Å². The smallest absolute Gasteiger partial charge is 0.153 e. The molecule has 0 saturated carbocycles. The third kappa shape index (κ3) is 5.33. The van der Waals surface area contributed by atoms with Crippen molar-refractivity contribution in [1.82, 2.24) is 0 Å². The molecule has 184 valence electrons. The quantitative estimate of drug-likeness (QED) is 0.217. The zero-order chi connectivity index (χ0) is 25.8. The van der Waals surface area contributed by atoms with Crippen molar-refractivity contribution < 1.29 is 35.4 Å². The Morgan fingerprint density at radius 1 is 0.417 bits per heavy atom. The van der Waals surface area contributed by atoms with Gasteiger partial charge in [-0.3, -0.25) is 4.79 Å². The minimum absolute atomic E-state index is 0.00295. The van der Waals surface area contributed by atoms with Crippen LogP contribution in [0.1, 0.15) is 46.3 Å². The first-order valence-corrected chi connectivity index (χ1v) is 11.3. The van der Waals surface area contributed by atoms with E-state index >= 15 is 0 Å². The predicted octanol–water partition coefficient (Wildman–Crippen LogP) is 4.41. The molecule has 36 heavy (non-hydrogen) atoms. The molecule has 0 spiro atoms. The van der Waals surface area contributed by atoms with Gasteiger partial charge in [0.05, 0.1) is 24.0 Å². The lowest BCUT2D eigenvalue weighted by Crippen LogP contribution is -2.29. The van der Waals surface area contributed by atoms with Crippen molar-refractivity contribution in [2.75, 3.05) is 0 Å². The van der Waals surface area contributed by atoms with Gasteiger partial charge in [-0.2, -0.15) is 0 Å². The summed E-state index contributed by atoms with van der Waals surface area (Å²) in [6, 6.07) is 23.4. The predicted molar refractivity (Wildman–Crippen MR) is 133 cm³/mol. The number of phenolic OH excluding ortho intramolecular Hbond substituents is 4. The van der Waals surface area contributed by atoms with Crippen molar-refractivity contribution in [2.45, 2.75) is 24.0 Å². The minimum atomic E-state index is -1.34. The second-order valence-electron chi connectivity index (χ2n) is 8.61. The third-order valence-electron chi connectivity index (χ3n) is 6.22. The van der Waals surface area contributed by atoms with E-state index in [-0.39, 0.29) is 23.0 Å². The molecule has 0 aliphatic rings. The van der Waals surface area contributed by atoms with Gasteiger partial charge in [-0.15, -0.1) is 0 Å². The lowest BCUT2D eigenvalue weighted by Gasteiger charge is -2.30. The summed E-state index contributed by atoms with van der Waals surface area (Å²) in [5, 5.41) is 61.6. The Labute approximate surface area is 207 Å². The molecule has 4 atom stereocenters. The maximum atomic E-state index is 14.2. The molecule has 0 fully saturated rings. The largest absolute Gasteiger partial charge is 0.508 e. The fourth-order valence-corrected chi connectivity index (χ4v) is 4.29. The first kappa shape index (κ1) is 24.8. The van der Waals surface area contributed by atoms with Gasteiger partial charge in [0, 0.05) is 0 Å². The summed E-state index contributed by atoms with van der Waals surface area (Å²) >= 11 is 0. The molecule has 7 nitrogen and oxygen atoms in total. The van der Waals surface area contributed by atoms with Gasteiger partial charge >= 0.3 is 0 Å². The van der Waals surface area contributed by atoms with Crippen LogP contribution in [0.2, 0.25) is 0 Å². The van der Waals surface area contributed by atoms with Gasteiger partial charge in [-0.25, -0.2) is 0 Å². The number of phenols is 4. The molecule has 0 heterocycles. The Morgan fingerprint density at radius 3 is 0.889 bits per heavy atom. The molecule has 0 aromatic heterocycles. The number of Topliss-reactive ketones (excluding diaryl/α,β-unsaturated/α-hetero) is 1. The summed E-state index contributed by atoms with van der Waals surface area (Å²) in [5.41, 5.74) is 1.59. The normalized spacial score (nSPS) is 14.5. The van der Waals surface area contributed by atoms with E-state index in [1.165, 1.54) is 97.1 Å². The molecule has 6 N–H and O–H groups in total. The molecule has 0 bridgehead atoms. The average molecular weight is 487 g/mol. The highest BCUT2D eigenvalue weighted by Gasteiger charge is 2.39. The Hall–Kier alpha value is -4.33. The van der Waals surface area contributed by atoms with Crippen molar-refractivity contribution in [3.63, 3.8) is 0 Å². The van der Waals surface area contributed by atoms with E-state index in [4.69, 9.17) is 0 Å². The van der Waals surface area contributed by atoms with Crippen LogP contribution < -0.4 is 0 Å². The zero-order valence-electron chi connectivity index (χ0n) is 19.1. The van der Waals surface area contributed by atoms with Gasteiger partial charge in [0.15, 0.2) is 5.78 Å². The summed E-state index contributed by atoms with van der Waals surface area (Å²) < 4.78 is 0. The number of carbonyl (C=O) groups is 1.